The predicted octanol–water partition coefficient (Wildman–Crippen LogP) is 2.97. The number of carbonyl (C=O) groups is 1. The van der Waals surface area contributed by atoms with Crippen LogP contribution < -0.4 is 9.64 Å². The molecule has 7 nitrogen and oxygen atoms in total. The second-order valence-electron chi connectivity index (χ2n) is 7.04. The molecule has 1 saturated heterocycles. The lowest BCUT2D eigenvalue weighted by Crippen LogP contribution is -2.55. The van der Waals surface area contributed by atoms with Crippen LogP contribution in [0, 0.1) is 5.82 Å². The summed E-state index contributed by atoms with van der Waals surface area (Å²) in [6.45, 7) is 3.57. The molecule has 4 rings (SSSR count). The summed E-state index contributed by atoms with van der Waals surface area (Å²) in [4.78, 5) is 20.9. The molecule has 0 bridgehead atoms. The number of amides is 1. The molecule has 1 aliphatic rings. The number of ether oxygens (including phenoxy) is 1. The topological polar surface area (TPSA) is 63.5 Å². The Morgan fingerprint density at radius 1 is 1.38 bits per heavy atom. The van der Waals surface area contributed by atoms with E-state index in [1.807, 2.05) is 24.0 Å². The van der Waals surface area contributed by atoms with Crippen molar-refractivity contribution in [1.82, 2.24) is 19.7 Å². The number of aromatic nitrogens is 3. The second-order valence-corrected chi connectivity index (χ2v) is 7.45. The predicted molar refractivity (Wildman–Crippen MR) is 109 cm³/mol. The van der Waals surface area contributed by atoms with E-state index in [-0.39, 0.29) is 23.5 Å². The molecule has 0 N–H and O–H groups in total. The summed E-state index contributed by atoms with van der Waals surface area (Å²) in [5, 5.41) is 5.40. The van der Waals surface area contributed by atoms with Crippen LogP contribution in [0.4, 0.5) is 10.1 Å². The molecule has 1 aliphatic heterocycles. The molecule has 1 aromatic carbocycles. The molecule has 0 aliphatic carbocycles. The van der Waals surface area contributed by atoms with Gasteiger partial charge in [-0.1, -0.05) is 11.6 Å². The molecule has 0 radical (unpaired) electrons. The maximum atomic E-state index is 14.5. The van der Waals surface area contributed by atoms with Crippen molar-refractivity contribution in [1.29, 1.82) is 0 Å². The number of halogens is 2. The van der Waals surface area contributed by atoms with Crippen LogP contribution in [0.15, 0.2) is 36.7 Å². The Balaban J connectivity index is 1.47. The summed E-state index contributed by atoms with van der Waals surface area (Å²) in [5.74, 6) is -0.0221. The fourth-order valence-electron chi connectivity index (χ4n) is 3.71. The minimum atomic E-state index is -0.406. The summed E-state index contributed by atoms with van der Waals surface area (Å²) < 4.78 is 21.3. The van der Waals surface area contributed by atoms with Gasteiger partial charge in [0, 0.05) is 43.3 Å². The van der Waals surface area contributed by atoms with E-state index in [1.54, 1.807) is 28.0 Å². The molecule has 0 spiro atoms. The van der Waals surface area contributed by atoms with Crippen molar-refractivity contribution in [2.45, 2.75) is 19.5 Å². The van der Waals surface area contributed by atoms with Crippen molar-refractivity contribution in [3.8, 4) is 5.75 Å². The number of anilines is 1. The molecule has 3 heterocycles. The number of benzene rings is 1. The number of pyridine rings is 1. The van der Waals surface area contributed by atoms with Crippen LogP contribution >= 0.6 is 11.6 Å². The molecule has 2 aromatic heterocycles. The smallest absolute Gasteiger partial charge is 0.244 e. The highest BCUT2D eigenvalue weighted by atomic mass is 35.5. The van der Waals surface area contributed by atoms with Crippen LogP contribution in [0.25, 0.3) is 11.0 Å². The first kappa shape index (κ1) is 19.4. The first-order chi connectivity index (χ1) is 14.0. The number of hydrogen-bond donors (Lipinski definition) is 0. The van der Waals surface area contributed by atoms with E-state index < -0.39 is 5.82 Å². The molecule has 9 heteroatoms. The number of nitrogens with zero attached hydrogens (tertiary/aromatic N) is 5. The first-order valence-electron chi connectivity index (χ1n) is 9.32. The third kappa shape index (κ3) is 3.72. The van der Waals surface area contributed by atoms with E-state index in [4.69, 9.17) is 16.3 Å². The van der Waals surface area contributed by atoms with Crippen molar-refractivity contribution in [3.05, 3.63) is 47.5 Å². The van der Waals surface area contributed by atoms with Gasteiger partial charge in [-0.3, -0.25) is 4.79 Å². The largest absolute Gasteiger partial charge is 0.495 e. The van der Waals surface area contributed by atoms with E-state index in [2.05, 4.69) is 10.1 Å². The van der Waals surface area contributed by atoms with Crippen LogP contribution in [0.1, 0.15) is 6.92 Å². The lowest BCUT2D eigenvalue weighted by atomic mass is 10.1. The molecular formula is C20H21ClFN5O2. The van der Waals surface area contributed by atoms with E-state index in [1.165, 1.54) is 13.2 Å². The van der Waals surface area contributed by atoms with Crippen molar-refractivity contribution in [2.24, 2.45) is 0 Å². The average molecular weight is 418 g/mol. The maximum absolute atomic E-state index is 14.5. The Morgan fingerprint density at radius 3 is 2.97 bits per heavy atom. The van der Waals surface area contributed by atoms with Gasteiger partial charge in [0.25, 0.3) is 0 Å². The lowest BCUT2D eigenvalue weighted by molar-refractivity contribution is -0.134. The molecule has 1 fully saturated rings. The fourth-order valence-corrected chi connectivity index (χ4v) is 3.94. The molecule has 29 heavy (non-hydrogen) atoms. The van der Waals surface area contributed by atoms with Gasteiger partial charge in [-0.2, -0.15) is 5.10 Å². The lowest BCUT2D eigenvalue weighted by Gasteiger charge is -2.41. The molecule has 0 saturated carbocycles. The van der Waals surface area contributed by atoms with Gasteiger partial charge < -0.3 is 14.5 Å². The SMILES string of the molecule is COc1cc(N2CCN(C(=O)Cn3ncc4cccnc43)[C@@H](C)C2)c(F)cc1Cl. The normalized spacial score (nSPS) is 17.0. The van der Waals surface area contributed by atoms with E-state index in [0.717, 1.165) is 5.39 Å². The highest BCUT2D eigenvalue weighted by Gasteiger charge is 2.29. The number of hydrogen-bond acceptors (Lipinski definition) is 5. The van der Waals surface area contributed by atoms with Gasteiger partial charge in [-0.25, -0.2) is 14.1 Å². The Hall–Kier alpha value is -2.87. The number of rotatable bonds is 4. The average Bonchev–Trinajstić information content (AvgIpc) is 3.11. The van der Waals surface area contributed by atoms with E-state index >= 15 is 0 Å². The Kier molecular flexibility index (Phi) is 5.27. The third-order valence-electron chi connectivity index (χ3n) is 5.19. The highest BCUT2D eigenvalue weighted by molar-refractivity contribution is 6.32. The van der Waals surface area contributed by atoms with Gasteiger partial charge in [0.2, 0.25) is 5.91 Å². The minimum absolute atomic E-state index is 0.0399. The summed E-state index contributed by atoms with van der Waals surface area (Å²) in [5.41, 5.74) is 1.11. The third-order valence-corrected chi connectivity index (χ3v) is 5.49. The number of methoxy groups -OCH3 is 1. The molecule has 0 unspecified atom stereocenters. The quantitative estimate of drug-likeness (QED) is 0.653. The Bertz CT molecular complexity index is 1060. The van der Waals surface area contributed by atoms with Gasteiger partial charge in [-0.05, 0) is 25.1 Å². The van der Waals surface area contributed by atoms with Gasteiger partial charge in [-0.15, -0.1) is 0 Å². The zero-order chi connectivity index (χ0) is 20.5. The Morgan fingerprint density at radius 2 is 2.21 bits per heavy atom. The zero-order valence-electron chi connectivity index (χ0n) is 16.2. The first-order valence-corrected chi connectivity index (χ1v) is 9.69. The zero-order valence-corrected chi connectivity index (χ0v) is 16.9. The van der Waals surface area contributed by atoms with Gasteiger partial charge in [0.15, 0.2) is 5.65 Å². The molecule has 3 aromatic rings. The van der Waals surface area contributed by atoms with Crippen molar-refractivity contribution in [3.63, 3.8) is 0 Å². The van der Waals surface area contributed by atoms with Crippen LogP contribution in [-0.4, -0.2) is 58.4 Å². The van der Waals surface area contributed by atoms with Crippen molar-refractivity contribution >= 4 is 34.2 Å². The van der Waals surface area contributed by atoms with Gasteiger partial charge in [0.05, 0.1) is 24.0 Å². The minimum Gasteiger partial charge on any atom is -0.495 e. The number of carbonyl (C=O) groups excluding carboxylic acids is 1. The number of piperazine rings is 1. The molecule has 152 valence electrons. The summed E-state index contributed by atoms with van der Waals surface area (Å²) in [6, 6.07) is 6.51. The fraction of sp³-hybridized carbons (Fsp3) is 0.350. The molecule has 1 atom stereocenters. The van der Waals surface area contributed by atoms with Crippen LogP contribution in [-0.2, 0) is 11.3 Å². The van der Waals surface area contributed by atoms with Crippen molar-refractivity contribution in [2.75, 3.05) is 31.6 Å². The summed E-state index contributed by atoms with van der Waals surface area (Å²) in [6.07, 6.45) is 3.38. The highest BCUT2D eigenvalue weighted by Crippen LogP contribution is 2.33. The molecule has 1 amide bonds. The maximum Gasteiger partial charge on any atom is 0.244 e. The summed E-state index contributed by atoms with van der Waals surface area (Å²) in [7, 11) is 1.50. The van der Waals surface area contributed by atoms with Crippen molar-refractivity contribution < 1.29 is 13.9 Å². The van der Waals surface area contributed by atoms with Crippen LogP contribution in [0.2, 0.25) is 5.02 Å². The van der Waals surface area contributed by atoms with Crippen LogP contribution in [0.3, 0.4) is 0 Å². The van der Waals surface area contributed by atoms with Crippen LogP contribution in [0.5, 0.6) is 5.75 Å². The van der Waals surface area contributed by atoms with E-state index in [9.17, 15) is 9.18 Å². The van der Waals surface area contributed by atoms with Gasteiger partial charge in [0.1, 0.15) is 18.1 Å². The molecular weight excluding hydrogens is 397 g/mol. The number of fused-ring (bicyclic) bond motifs is 1. The Labute approximate surface area is 172 Å². The monoisotopic (exact) mass is 417 g/mol. The van der Waals surface area contributed by atoms with Gasteiger partial charge >= 0.3 is 0 Å². The van der Waals surface area contributed by atoms with E-state index in [0.29, 0.717) is 36.7 Å². The standard InChI is InChI=1S/C20H21ClFN5O2/c1-13-11-25(17-9-18(29-2)15(21)8-16(17)22)6-7-26(13)19(28)12-27-20-14(10-24-27)4-3-5-23-20/h3-5,8-10,13H,6-7,11-12H2,1-2H3/t13-/m0/s1. The second kappa shape index (κ2) is 7.87. The summed E-state index contributed by atoms with van der Waals surface area (Å²) >= 11 is 5.99.